The standard InChI is InChI=1S/C23H29N5O5/c1-23(2,3)33-22(30)25-19(15-17-7-5-4-6-8-17)21(29)27-13-11-26(12-14-27)20-10-9-18(16-24-20)28(31)32/h4-10,16,19H,11-15H2,1-3H3,(H,25,30). The molecular formula is C23H29N5O5. The quantitative estimate of drug-likeness (QED) is 0.526. The van der Waals surface area contributed by atoms with Crippen molar-refractivity contribution in [1.82, 2.24) is 15.2 Å². The van der Waals surface area contributed by atoms with Gasteiger partial charge in [-0.05, 0) is 32.4 Å². The van der Waals surface area contributed by atoms with Crippen LogP contribution in [-0.4, -0.2) is 64.6 Å². The van der Waals surface area contributed by atoms with E-state index in [2.05, 4.69) is 10.3 Å². The van der Waals surface area contributed by atoms with Crippen LogP contribution in [0.3, 0.4) is 0 Å². The maximum atomic E-state index is 13.3. The number of hydrogen-bond donors (Lipinski definition) is 1. The lowest BCUT2D eigenvalue weighted by molar-refractivity contribution is -0.385. The third-order valence-electron chi connectivity index (χ3n) is 5.13. The van der Waals surface area contributed by atoms with E-state index in [0.717, 1.165) is 5.56 Å². The molecule has 2 amide bonds. The zero-order chi connectivity index (χ0) is 24.0. The highest BCUT2D eigenvalue weighted by Gasteiger charge is 2.30. The second kappa shape index (κ2) is 10.3. The van der Waals surface area contributed by atoms with Crippen LogP contribution in [0, 0.1) is 10.1 Å². The lowest BCUT2D eigenvalue weighted by Gasteiger charge is -2.37. The molecule has 0 spiro atoms. The van der Waals surface area contributed by atoms with Crippen LogP contribution in [0.15, 0.2) is 48.7 Å². The summed E-state index contributed by atoms with van der Waals surface area (Å²) < 4.78 is 5.36. The van der Waals surface area contributed by atoms with Gasteiger partial charge in [0.1, 0.15) is 23.7 Å². The first-order valence-corrected chi connectivity index (χ1v) is 10.8. The van der Waals surface area contributed by atoms with Gasteiger partial charge >= 0.3 is 6.09 Å². The molecule has 176 valence electrons. The molecule has 1 aliphatic rings. The van der Waals surface area contributed by atoms with Crippen LogP contribution >= 0.6 is 0 Å². The van der Waals surface area contributed by atoms with Crippen molar-refractivity contribution in [1.29, 1.82) is 0 Å². The molecule has 1 N–H and O–H groups in total. The molecule has 1 aromatic carbocycles. The lowest BCUT2D eigenvalue weighted by atomic mass is 10.0. The SMILES string of the molecule is CC(C)(C)OC(=O)NC(Cc1ccccc1)C(=O)N1CCN(c2ccc([N+](=O)[O-])cn2)CC1. The van der Waals surface area contributed by atoms with E-state index in [0.29, 0.717) is 38.4 Å². The van der Waals surface area contributed by atoms with E-state index in [9.17, 15) is 19.7 Å². The predicted octanol–water partition coefficient (Wildman–Crippen LogP) is 2.77. The number of piperazine rings is 1. The van der Waals surface area contributed by atoms with Gasteiger partial charge in [-0.1, -0.05) is 30.3 Å². The van der Waals surface area contributed by atoms with Crippen molar-refractivity contribution in [3.05, 3.63) is 64.3 Å². The number of alkyl carbamates (subject to hydrolysis) is 1. The molecule has 1 aliphatic heterocycles. The molecule has 2 heterocycles. The summed E-state index contributed by atoms with van der Waals surface area (Å²) in [7, 11) is 0. The van der Waals surface area contributed by atoms with Crippen molar-refractivity contribution in [2.24, 2.45) is 0 Å². The number of benzene rings is 1. The first-order chi connectivity index (χ1) is 15.6. The highest BCUT2D eigenvalue weighted by molar-refractivity contribution is 5.86. The molecule has 1 saturated heterocycles. The predicted molar refractivity (Wildman–Crippen MR) is 123 cm³/mol. The summed E-state index contributed by atoms with van der Waals surface area (Å²) in [5, 5.41) is 13.6. The molecule has 3 rings (SSSR count). The Labute approximate surface area is 192 Å². The third kappa shape index (κ3) is 6.90. The molecule has 1 fully saturated rings. The fourth-order valence-corrected chi connectivity index (χ4v) is 3.55. The van der Waals surface area contributed by atoms with Crippen molar-refractivity contribution in [3.8, 4) is 0 Å². The van der Waals surface area contributed by atoms with Gasteiger partial charge in [-0.25, -0.2) is 9.78 Å². The molecule has 10 heteroatoms. The molecule has 1 unspecified atom stereocenters. The number of pyridine rings is 1. The fourth-order valence-electron chi connectivity index (χ4n) is 3.55. The molecule has 10 nitrogen and oxygen atoms in total. The van der Waals surface area contributed by atoms with Crippen LogP contribution in [0.4, 0.5) is 16.3 Å². The molecule has 2 aromatic rings. The summed E-state index contributed by atoms with van der Waals surface area (Å²) >= 11 is 0. The Bertz CT molecular complexity index is 967. The van der Waals surface area contributed by atoms with E-state index in [1.165, 1.54) is 12.3 Å². The van der Waals surface area contributed by atoms with E-state index >= 15 is 0 Å². The largest absolute Gasteiger partial charge is 0.444 e. The second-order valence-electron chi connectivity index (χ2n) is 8.83. The molecule has 0 radical (unpaired) electrons. The van der Waals surface area contributed by atoms with E-state index in [1.807, 2.05) is 35.2 Å². The topological polar surface area (TPSA) is 118 Å². The maximum Gasteiger partial charge on any atom is 0.408 e. The minimum absolute atomic E-state index is 0.0652. The van der Waals surface area contributed by atoms with Gasteiger partial charge in [0, 0.05) is 38.7 Å². The van der Waals surface area contributed by atoms with Gasteiger partial charge in [0.25, 0.3) is 5.69 Å². The molecule has 0 bridgehead atoms. The van der Waals surface area contributed by atoms with Crippen LogP contribution in [0.2, 0.25) is 0 Å². The summed E-state index contributed by atoms with van der Waals surface area (Å²) in [6.07, 6.45) is 0.946. The van der Waals surface area contributed by atoms with Gasteiger partial charge in [0.15, 0.2) is 0 Å². The monoisotopic (exact) mass is 455 g/mol. The van der Waals surface area contributed by atoms with Crippen LogP contribution in [-0.2, 0) is 16.0 Å². The normalized spacial score (nSPS) is 15.0. The molecule has 33 heavy (non-hydrogen) atoms. The Hall–Kier alpha value is -3.69. The maximum absolute atomic E-state index is 13.3. The molecular weight excluding hydrogens is 426 g/mol. The van der Waals surface area contributed by atoms with Crippen molar-refractivity contribution in [3.63, 3.8) is 0 Å². The van der Waals surface area contributed by atoms with Crippen molar-refractivity contribution < 1.29 is 19.2 Å². The highest BCUT2D eigenvalue weighted by Crippen LogP contribution is 2.18. The Morgan fingerprint density at radius 1 is 1.12 bits per heavy atom. The highest BCUT2D eigenvalue weighted by atomic mass is 16.6. The lowest BCUT2D eigenvalue weighted by Crippen LogP contribution is -2.56. The Morgan fingerprint density at radius 3 is 2.33 bits per heavy atom. The van der Waals surface area contributed by atoms with Gasteiger partial charge in [0.05, 0.1) is 4.92 Å². The van der Waals surface area contributed by atoms with E-state index < -0.39 is 22.7 Å². The number of hydrogen-bond acceptors (Lipinski definition) is 7. The minimum atomic E-state index is -0.758. The zero-order valence-electron chi connectivity index (χ0n) is 19.1. The van der Waals surface area contributed by atoms with Crippen molar-refractivity contribution in [2.75, 3.05) is 31.1 Å². The van der Waals surface area contributed by atoms with Crippen LogP contribution in [0.1, 0.15) is 26.3 Å². The smallest absolute Gasteiger partial charge is 0.408 e. The Balaban J connectivity index is 1.65. The number of aromatic nitrogens is 1. The zero-order valence-corrected chi connectivity index (χ0v) is 19.1. The van der Waals surface area contributed by atoms with Crippen LogP contribution in [0.25, 0.3) is 0 Å². The summed E-state index contributed by atoms with van der Waals surface area (Å²) in [6.45, 7) is 7.25. The molecule has 0 aliphatic carbocycles. The van der Waals surface area contributed by atoms with Crippen molar-refractivity contribution in [2.45, 2.75) is 38.8 Å². The van der Waals surface area contributed by atoms with E-state index in [1.54, 1.807) is 31.7 Å². The minimum Gasteiger partial charge on any atom is -0.444 e. The van der Waals surface area contributed by atoms with Crippen LogP contribution in [0.5, 0.6) is 0 Å². The van der Waals surface area contributed by atoms with Gasteiger partial charge in [-0.2, -0.15) is 0 Å². The second-order valence-corrected chi connectivity index (χ2v) is 8.83. The Kier molecular flexibility index (Phi) is 7.47. The van der Waals surface area contributed by atoms with Gasteiger partial charge < -0.3 is 19.9 Å². The number of nitro groups is 1. The van der Waals surface area contributed by atoms with Crippen LogP contribution < -0.4 is 10.2 Å². The molecule has 1 aromatic heterocycles. The van der Waals surface area contributed by atoms with Crippen molar-refractivity contribution >= 4 is 23.5 Å². The Morgan fingerprint density at radius 2 is 1.79 bits per heavy atom. The summed E-state index contributed by atoms with van der Waals surface area (Å²) in [5.74, 6) is 0.446. The number of amides is 2. The number of nitrogens with zero attached hydrogens (tertiary/aromatic N) is 4. The number of anilines is 1. The van der Waals surface area contributed by atoms with E-state index in [4.69, 9.17) is 4.74 Å². The van der Waals surface area contributed by atoms with E-state index in [-0.39, 0.29) is 11.6 Å². The summed E-state index contributed by atoms with van der Waals surface area (Å²) in [6, 6.07) is 11.8. The molecule has 1 atom stereocenters. The summed E-state index contributed by atoms with van der Waals surface area (Å²) in [5.41, 5.74) is 0.193. The van der Waals surface area contributed by atoms with Gasteiger partial charge in [0.2, 0.25) is 5.91 Å². The number of carbonyl (C=O) groups is 2. The number of rotatable bonds is 6. The number of nitrogens with one attached hydrogen (secondary N) is 1. The number of carbonyl (C=O) groups excluding carboxylic acids is 2. The fraction of sp³-hybridized carbons (Fsp3) is 0.435. The average Bonchev–Trinajstić information content (AvgIpc) is 2.78. The first-order valence-electron chi connectivity index (χ1n) is 10.8. The third-order valence-corrected chi connectivity index (χ3v) is 5.13. The average molecular weight is 456 g/mol. The van der Waals surface area contributed by atoms with Gasteiger partial charge in [-0.15, -0.1) is 0 Å². The summed E-state index contributed by atoms with van der Waals surface area (Å²) in [4.78, 5) is 43.9. The number of ether oxygens (including phenoxy) is 1. The first kappa shape index (κ1) is 24.0. The molecule has 0 saturated carbocycles. The van der Waals surface area contributed by atoms with Gasteiger partial charge in [-0.3, -0.25) is 14.9 Å².